The SMILES string of the molecule is Brc1ccccc1CCNCc1ccccc1. The van der Waals surface area contributed by atoms with Crippen LogP contribution in [0.3, 0.4) is 0 Å². The highest BCUT2D eigenvalue weighted by molar-refractivity contribution is 9.10. The summed E-state index contributed by atoms with van der Waals surface area (Å²) in [5.41, 5.74) is 2.69. The molecule has 0 unspecified atom stereocenters. The first-order valence-corrected chi connectivity index (χ1v) is 6.63. The lowest BCUT2D eigenvalue weighted by Gasteiger charge is -2.06. The van der Waals surface area contributed by atoms with E-state index in [4.69, 9.17) is 0 Å². The molecule has 2 rings (SSSR count). The van der Waals surface area contributed by atoms with Gasteiger partial charge in [-0.25, -0.2) is 0 Å². The summed E-state index contributed by atoms with van der Waals surface area (Å²) in [6, 6.07) is 18.9. The van der Waals surface area contributed by atoms with Gasteiger partial charge in [0.1, 0.15) is 0 Å². The molecular weight excluding hydrogens is 274 g/mol. The zero-order valence-electron chi connectivity index (χ0n) is 9.70. The van der Waals surface area contributed by atoms with Crippen LogP contribution in [0.1, 0.15) is 11.1 Å². The van der Waals surface area contributed by atoms with Crippen molar-refractivity contribution < 1.29 is 0 Å². The van der Waals surface area contributed by atoms with Crippen LogP contribution in [-0.2, 0) is 13.0 Å². The van der Waals surface area contributed by atoms with Gasteiger partial charge in [0.05, 0.1) is 0 Å². The number of rotatable bonds is 5. The van der Waals surface area contributed by atoms with Gasteiger partial charge in [0.25, 0.3) is 0 Å². The molecule has 0 aromatic heterocycles. The summed E-state index contributed by atoms with van der Waals surface area (Å²) in [6.45, 7) is 1.93. The third-order valence-corrected chi connectivity index (χ3v) is 3.47. The molecule has 0 aliphatic carbocycles. The van der Waals surface area contributed by atoms with E-state index in [2.05, 4.69) is 63.7 Å². The first kappa shape index (κ1) is 12.3. The lowest BCUT2D eigenvalue weighted by Crippen LogP contribution is -2.16. The number of hydrogen-bond donors (Lipinski definition) is 1. The second-order valence-corrected chi connectivity index (χ2v) is 4.86. The van der Waals surface area contributed by atoms with Crippen LogP contribution in [0.5, 0.6) is 0 Å². The van der Waals surface area contributed by atoms with Crippen molar-refractivity contribution in [2.75, 3.05) is 6.54 Å². The maximum Gasteiger partial charge on any atom is 0.0207 e. The van der Waals surface area contributed by atoms with E-state index in [0.29, 0.717) is 0 Å². The van der Waals surface area contributed by atoms with Crippen LogP contribution in [-0.4, -0.2) is 6.54 Å². The first-order chi connectivity index (χ1) is 8.36. The van der Waals surface area contributed by atoms with Gasteiger partial charge in [-0.05, 0) is 30.2 Å². The van der Waals surface area contributed by atoms with Gasteiger partial charge in [0.15, 0.2) is 0 Å². The fourth-order valence-corrected chi connectivity index (χ4v) is 2.24. The molecule has 2 aromatic carbocycles. The van der Waals surface area contributed by atoms with Crippen molar-refractivity contribution in [3.8, 4) is 0 Å². The Morgan fingerprint density at radius 1 is 0.882 bits per heavy atom. The molecule has 0 saturated heterocycles. The fraction of sp³-hybridized carbons (Fsp3) is 0.200. The van der Waals surface area contributed by atoms with Crippen molar-refractivity contribution in [1.82, 2.24) is 5.32 Å². The highest BCUT2D eigenvalue weighted by Crippen LogP contribution is 2.15. The number of hydrogen-bond acceptors (Lipinski definition) is 1. The molecule has 0 saturated carbocycles. The van der Waals surface area contributed by atoms with Crippen molar-refractivity contribution in [2.24, 2.45) is 0 Å². The van der Waals surface area contributed by atoms with Crippen molar-refractivity contribution in [1.29, 1.82) is 0 Å². The molecule has 0 aliphatic rings. The van der Waals surface area contributed by atoms with Crippen LogP contribution < -0.4 is 5.32 Å². The van der Waals surface area contributed by atoms with E-state index in [1.54, 1.807) is 0 Å². The average molecular weight is 290 g/mol. The Morgan fingerprint density at radius 3 is 2.35 bits per heavy atom. The Bertz CT molecular complexity index is 453. The summed E-state index contributed by atoms with van der Waals surface area (Å²) in [7, 11) is 0. The quantitative estimate of drug-likeness (QED) is 0.826. The van der Waals surface area contributed by atoms with Gasteiger partial charge in [0.2, 0.25) is 0 Å². The minimum atomic E-state index is 0.936. The molecule has 0 fully saturated rings. The molecule has 0 aliphatic heterocycles. The van der Waals surface area contributed by atoms with Crippen molar-refractivity contribution in [3.63, 3.8) is 0 Å². The van der Waals surface area contributed by atoms with E-state index in [9.17, 15) is 0 Å². The smallest absolute Gasteiger partial charge is 0.0207 e. The molecule has 0 atom stereocenters. The zero-order valence-corrected chi connectivity index (χ0v) is 11.3. The van der Waals surface area contributed by atoms with Gasteiger partial charge >= 0.3 is 0 Å². The molecule has 0 heterocycles. The lowest BCUT2D eigenvalue weighted by molar-refractivity contribution is 0.686. The summed E-state index contributed by atoms with van der Waals surface area (Å²) in [6.07, 6.45) is 1.05. The molecule has 0 radical (unpaired) electrons. The molecule has 0 amide bonds. The van der Waals surface area contributed by atoms with Gasteiger partial charge in [-0.1, -0.05) is 64.5 Å². The topological polar surface area (TPSA) is 12.0 Å². The fourth-order valence-electron chi connectivity index (χ4n) is 1.75. The van der Waals surface area contributed by atoms with Gasteiger partial charge in [-0.3, -0.25) is 0 Å². The average Bonchev–Trinajstić information content (AvgIpc) is 2.38. The lowest BCUT2D eigenvalue weighted by atomic mass is 10.1. The van der Waals surface area contributed by atoms with Crippen molar-refractivity contribution in [3.05, 3.63) is 70.2 Å². The number of halogens is 1. The van der Waals surface area contributed by atoms with Crippen LogP contribution in [0.4, 0.5) is 0 Å². The third-order valence-electron chi connectivity index (χ3n) is 2.70. The first-order valence-electron chi connectivity index (χ1n) is 5.84. The van der Waals surface area contributed by atoms with Crippen LogP contribution in [0.2, 0.25) is 0 Å². The highest BCUT2D eigenvalue weighted by Gasteiger charge is 1.97. The molecule has 88 valence electrons. The highest BCUT2D eigenvalue weighted by atomic mass is 79.9. The number of nitrogens with one attached hydrogen (secondary N) is 1. The van der Waals surface area contributed by atoms with E-state index in [1.165, 1.54) is 15.6 Å². The largest absolute Gasteiger partial charge is 0.312 e. The summed E-state index contributed by atoms with van der Waals surface area (Å²) >= 11 is 3.57. The molecule has 0 spiro atoms. The number of benzene rings is 2. The molecule has 2 heteroatoms. The van der Waals surface area contributed by atoms with Crippen LogP contribution in [0, 0.1) is 0 Å². The summed E-state index contributed by atoms with van der Waals surface area (Å²) in [5, 5.41) is 3.46. The molecule has 2 aromatic rings. The minimum Gasteiger partial charge on any atom is -0.312 e. The summed E-state index contributed by atoms with van der Waals surface area (Å²) in [5.74, 6) is 0. The molecule has 1 nitrogen and oxygen atoms in total. The normalized spacial score (nSPS) is 10.4. The molecular formula is C15H16BrN. The van der Waals surface area contributed by atoms with Crippen molar-refractivity contribution >= 4 is 15.9 Å². The Morgan fingerprint density at radius 2 is 1.59 bits per heavy atom. The maximum absolute atomic E-state index is 3.57. The van der Waals surface area contributed by atoms with E-state index in [1.807, 2.05) is 12.1 Å². The minimum absolute atomic E-state index is 0.936. The Labute approximate surface area is 111 Å². The van der Waals surface area contributed by atoms with Gasteiger partial charge in [0, 0.05) is 11.0 Å². The Hall–Kier alpha value is -1.12. The third kappa shape index (κ3) is 3.99. The standard InChI is InChI=1S/C15H16BrN/c16-15-9-5-4-8-14(15)10-11-17-12-13-6-2-1-3-7-13/h1-9,17H,10-12H2. The van der Waals surface area contributed by atoms with Gasteiger partial charge in [-0.2, -0.15) is 0 Å². The van der Waals surface area contributed by atoms with Crippen LogP contribution >= 0.6 is 15.9 Å². The van der Waals surface area contributed by atoms with E-state index >= 15 is 0 Å². The van der Waals surface area contributed by atoms with Crippen LogP contribution in [0.15, 0.2) is 59.1 Å². The summed E-state index contributed by atoms with van der Waals surface area (Å²) < 4.78 is 1.20. The Kier molecular flexibility index (Phi) is 4.77. The second-order valence-electron chi connectivity index (χ2n) is 4.00. The zero-order chi connectivity index (χ0) is 11.9. The second kappa shape index (κ2) is 6.58. The van der Waals surface area contributed by atoms with Gasteiger partial charge < -0.3 is 5.32 Å². The van der Waals surface area contributed by atoms with Gasteiger partial charge in [-0.15, -0.1) is 0 Å². The van der Waals surface area contributed by atoms with E-state index < -0.39 is 0 Å². The molecule has 0 bridgehead atoms. The molecule has 17 heavy (non-hydrogen) atoms. The Balaban J connectivity index is 1.76. The van der Waals surface area contributed by atoms with Crippen LogP contribution in [0.25, 0.3) is 0 Å². The maximum atomic E-state index is 3.57. The van der Waals surface area contributed by atoms with E-state index in [-0.39, 0.29) is 0 Å². The summed E-state index contributed by atoms with van der Waals surface area (Å²) in [4.78, 5) is 0. The monoisotopic (exact) mass is 289 g/mol. The predicted octanol–water partition coefficient (Wildman–Crippen LogP) is 3.78. The molecule has 1 N–H and O–H groups in total. The predicted molar refractivity (Wildman–Crippen MR) is 76.0 cm³/mol. The van der Waals surface area contributed by atoms with Crippen molar-refractivity contribution in [2.45, 2.75) is 13.0 Å². The van der Waals surface area contributed by atoms with E-state index in [0.717, 1.165) is 19.5 Å².